The number of nitrogens with zero attached hydrogens (tertiary/aromatic N) is 1. The molecule has 0 aliphatic rings. The van der Waals surface area contributed by atoms with E-state index in [0.29, 0.717) is 0 Å². The summed E-state index contributed by atoms with van der Waals surface area (Å²) in [4.78, 5) is 4.52. The van der Waals surface area contributed by atoms with Gasteiger partial charge in [-0.1, -0.05) is 60.7 Å². The second-order valence-corrected chi connectivity index (χ2v) is 5.86. The van der Waals surface area contributed by atoms with Crippen molar-refractivity contribution in [1.82, 2.24) is 10.3 Å². The second-order valence-electron chi connectivity index (χ2n) is 4.94. The first-order chi connectivity index (χ1) is 10.4. The fourth-order valence-corrected chi connectivity index (χ4v) is 3.50. The highest BCUT2D eigenvalue weighted by molar-refractivity contribution is 7.09. The van der Waals surface area contributed by atoms with Crippen LogP contribution in [0.2, 0.25) is 0 Å². The van der Waals surface area contributed by atoms with Crippen LogP contribution >= 0.6 is 11.3 Å². The van der Waals surface area contributed by atoms with Crippen molar-refractivity contribution in [2.24, 2.45) is 0 Å². The predicted octanol–water partition coefficient (Wildman–Crippen LogP) is 4.24. The lowest BCUT2D eigenvalue weighted by atomic mass is 9.85. The number of likely N-dealkylation sites (N-methyl/N-ethyl adjacent to an activating group) is 1. The van der Waals surface area contributed by atoms with Crippen LogP contribution in [0.25, 0.3) is 0 Å². The molecule has 0 amide bonds. The molecule has 1 unspecified atom stereocenters. The first kappa shape index (κ1) is 14.0. The lowest BCUT2D eigenvalue weighted by Crippen LogP contribution is -2.24. The Labute approximate surface area is 129 Å². The quantitative estimate of drug-likeness (QED) is 0.761. The summed E-state index contributed by atoms with van der Waals surface area (Å²) < 4.78 is 0. The van der Waals surface area contributed by atoms with E-state index in [2.05, 4.69) is 71.0 Å². The van der Waals surface area contributed by atoms with E-state index >= 15 is 0 Å². The van der Waals surface area contributed by atoms with Gasteiger partial charge in [-0.25, -0.2) is 4.98 Å². The van der Waals surface area contributed by atoms with Crippen LogP contribution in [0.4, 0.5) is 0 Å². The van der Waals surface area contributed by atoms with E-state index in [1.54, 1.807) is 11.3 Å². The zero-order valence-corrected chi connectivity index (χ0v) is 12.8. The van der Waals surface area contributed by atoms with Gasteiger partial charge >= 0.3 is 0 Å². The van der Waals surface area contributed by atoms with Crippen molar-refractivity contribution in [1.29, 1.82) is 0 Å². The number of aromatic nitrogens is 1. The zero-order valence-electron chi connectivity index (χ0n) is 11.9. The summed E-state index contributed by atoms with van der Waals surface area (Å²) in [5.41, 5.74) is 2.61. The molecular formula is C18H18N2S. The Morgan fingerprint density at radius 2 is 1.48 bits per heavy atom. The normalized spacial score (nSPS) is 12.5. The smallest absolute Gasteiger partial charge is 0.110 e. The number of thiazole rings is 1. The molecule has 0 aliphatic heterocycles. The Kier molecular flexibility index (Phi) is 4.43. The van der Waals surface area contributed by atoms with Gasteiger partial charge < -0.3 is 5.32 Å². The van der Waals surface area contributed by atoms with Crippen LogP contribution in [0, 0.1) is 0 Å². The summed E-state index contributed by atoms with van der Waals surface area (Å²) in [6.45, 7) is 0. The number of nitrogens with one attached hydrogen (secondary N) is 1. The molecule has 21 heavy (non-hydrogen) atoms. The largest absolute Gasteiger partial charge is 0.310 e. The van der Waals surface area contributed by atoms with Crippen molar-refractivity contribution in [3.05, 3.63) is 88.4 Å². The van der Waals surface area contributed by atoms with E-state index in [1.807, 2.05) is 18.6 Å². The molecule has 2 aromatic carbocycles. The molecule has 1 aromatic heterocycles. The van der Waals surface area contributed by atoms with E-state index in [0.717, 1.165) is 5.01 Å². The Morgan fingerprint density at radius 1 is 0.905 bits per heavy atom. The first-order valence-electron chi connectivity index (χ1n) is 7.06. The topological polar surface area (TPSA) is 24.9 Å². The summed E-state index contributed by atoms with van der Waals surface area (Å²) >= 11 is 1.70. The Hall–Kier alpha value is -1.97. The molecule has 0 aliphatic carbocycles. The van der Waals surface area contributed by atoms with Crippen LogP contribution in [0.1, 0.15) is 28.1 Å². The molecule has 106 valence electrons. The summed E-state index contributed by atoms with van der Waals surface area (Å²) in [6, 6.07) is 21.4. The van der Waals surface area contributed by atoms with Crippen LogP contribution in [-0.2, 0) is 0 Å². The van der Waals surface area contributed by atoms with Gasteiger partial charge in [0.1, 0.15) is 5.01 Å². The minimum Gasteiger partial charge on any atom is -0.310 e. The summed E-state index contributed by atoms with van der Waals surface area (Å²) in [5, 5.41) is 6.60. The fourth-order valence-electron chi connectivity index (χ4n) is 2.72. The standard InChI is InChI=1S/C18H18N2S/c1-19-17(18-20-12-13-21-18)16(14-8-4-2-5-9-14)15-10-6-3-7-11-15/h2-13,16-17,19H,1H3. The summed E-state index contributed by atoms with van der Waals surface area (Å²) in [7, 11) is 2.00. The Balaban J connectivity index is 2.08. The number of rotatable bonds is 5. The van der Waals surface area contributed by atoms with Gasteiger partial charge in [0.15, 0.2) is 0 Å². The molecule has 0 radical (unpaired) electrons. The minimum absolute atomic E-state index is 0.176. The van der Waals surface area contributed by atoms with Crippen molar-refractivity contribution in [3.8, 4) is 0 Å². The predicted molar refractivity (Wildman–Crippen MR) is 88.6 cm³/mol. The van der Waals surface area contributed by atoms with Crippen LogP contribution in [0.15, 0.2) is 72.2 Å². The van der Waals surface area contributed by atoms with Crippen LogP contribution in [0.3, 0.4) is 0 Å². The van der Waals surface area contributed by atoms with E-state index in [1.165, 1.54) is 11.1 Å². The molecule has 0 fully saturated rings. The van der Waals surface area contributed by atoms with E-state index < -0.39 is 0 Å². The third kappa shape index (κ3) is 3.04. The maximum absolute atomic E-state index is 4.52. The van der Waals surface area contributed by atoms with Crippen molar-refractivity contribution < 1.29 is 0 Å². The molecule has 1 N–H and O–H groups in total. The van der Waals surface area contributed by atoms with Gasteiger partial charge in [-0.2, -0.15) is 0 Å². The first-order valence-corrected chi connectivity index (χ1v) is 7.94. The van der Waals surface area contributed by atoms with Crippen molar-refractivity contribution in [2.75, 3.05) is 7.05 Å². The SMILES string of the molecule is CNC(c1nccs1)C(c1ccccc1)c1ccccc1. The van der Waals surface area contributed by atoms with Crippen molar-refractivity contribution in [2.45, 2.75) is 12.0 Å². The molecule has 0 bridgehead atoms. The molecule has 0 saturated heterocycles. The molecular weight excluding hydrogens is 276 g/mol. The third-order valence-corrected chi connectivity index (χ3v) is 4.54. The van der Waals surface area contributed by atoms with Crippen molar-refractivity contribution >= 4 is 11.3 Å². The monoisotopic (exact) mass is 294 g/mol. The van der Waals surface area contributed by atoms with E-state index in [4.69, 9.17) is 0 Å². The van der Waals surface area contributed by atoms with Gasteiger partial charge in [0.05, 0.1) is 6.04 Å². The Bertz CT molecular complexity index is 611. The van der Waals surface area contributed by atoms with Gasteiger partial charge in [0.2, 0.25) is 0 Å². The lowest BCUT2D eigenvalue weighted by Gasteiger charge is -2.26. The molecule has 3 aromatic rings. The minimum atomic E-state index is 0.176. The molecule has 3 heteroatoms. The summed E-state index contributed by atoms with van der Waals surface area (Å²) in [5.74, 6) is 0.253. The van der Waals surface area contributed by atoms with Gasteiger partial charge in [-0.3, -0.25) is 0 Å². The Morgan fingerprint density at radius 3 is 1.90 bits per heavy atom. The molecule has 0 spiro atoms. The molecule has 1 atom stereocenters. The van der Waals surface area contributed by atoms with Crippen LogP contribution in [-0.4, -0.2) is 12.0 Å². The van der Waals surface area contributed by atoms with Gasteiger partial charge in [-0.05, 0) is 18.2 Å². The highest BCUT2D eigenvalue weighted by atomic mass is 32.1. The zero-order chi connectivity index (χ0) is 14.5. The van der Waals surface area contributed by atoms with E-state index in [9.17, 15) is 0 Å². The average Bonchev–Trinajstić information content (AvgIpc) is 3.08. The number of hydrogen-bond donors (Lipinski definition) is 1. The maximum atomic E-state index is 4.52. The molecule has 3 rings (SSSR count). The van der Waals surface area contributed by atoms with Gasteiger partial charge in [0.25, 0.3) is 0 Å². The third-order valence-electron chi connectivity index (χ3n) is 3.68. The fraction of sp³-hybridized carbons (Fsp3) is 0.167. The number of hydrogen-bond acceptors (Lipinski definition) is 3. The summed E-state index contributed by atoms with van der Waals surface area (Å²) in [6.07, 6.45) is 1.87. The second kappa shape index (κ2) is 6.66. The average molecular weight is 294 g/mol. The van der Waals surface area contributed by atoms with E-state index in [-0.39, 0.29) is 12.0 Å². The maximum Gasteiger partial charge on any atom is 0.110 e. The van der Waals surface area contributed by atoms with Gasteiger partial charge in [-0.15, -0.1) is 11.3 Å². The highest BCUT2D eigenvalue weighted by Gasteiger charge is 2.26. The van der Waals surface area contributed by atoms with Gasteiger partial charge in [0, 0.05) is 17.5 Å². The molecule has 0 saturated carbocycles. The molecule has 2 nitrogen and oxygen atoms in total. The van der Waals surface area contributed by atoms with Crippen LogP contribution in [0.5, 0.6) is 0 Å². The van der Waals surface area contributed by atoms with Crippen molar-refractivity contribution in [3.63, 3.8) is 0 Å². The molecule has 1 heterocycles. The highest BCUT2D eigenvalue weighted by Crippen LogP contribution is 2.37. The number of benzene rings is 2. The van der Waals surface area contributed by atoms with Crippen LogP contribution < -0.4 is 5.32 Å². The lowest BCUT2D eigenvalue weighted by molar-refractivity contribution is 0.528.